The fraction of sp³-hybridized carbons (Fsp3) is 0.550. The number of thiazole rings is 1. The minimum absolute atomic E-state index is 0.0174. The molecular weight excluding hydrogens is 378 g/mol. The van der Waals surface area contributed by atoms with Crippen molar-refractivity contribution in [3.8, 4) is 0 Å². The van der Waals surface area contributed by atoms with Crippen molar-refractivity contribution in [3.05, 3.63) is 29.3 Å². The average Bonchev–Trinajstić information content (AvgIpc) is 3.11. The first kappa shape index (κ1) is 19.3. The summed E-state index contributed by atoms with van der Waals surface area (Å²) in [5.41, 5.74) is 1.88. The van der Waals surface area contributed by atoms with Gasteiger partial charge in [0.15, 0.2) is 0 Å². The van der Waals surface area contributed by atoms with Crippen LogP contribution in [0.3, 0.4) is 0 Å². The van der Waals surface area contributed by atoms with Crippen LogP contribution in [0.2, 0.25) is 0 Å². The average molecular weight is 404 g/mol. The molecule has 28 heavy (non-hydrogen) atoms. The van der Waals surface area contributed by atoms with Gasteiger partial charge in [-0.2, -0.15) is 0 Å². The minimum Gasteiger partial charge on any atom is -0.388 e. The van der Waals surface area contributed by atoms with Crippen molar-refractivity contribution < 1.29 is 19.4 Å². The van der Waals surface area contributed by atoms with E-state index in [1.54, 1.807) is 12.4 Å². The minimum atomic E-state index is -1.03. The molecular formula is C20H25N3O4S. The Balaban J connectivity index is 1.41. The monoisotopic (exact) mass is 403 g/mol. The molecule has 0 unspecified atom stereocenters. The second-order valence-corrected chi connectivity index (χ2v) is 8.99. The molecule has 4 rings (SSSR count). The molecule has 2 aliphatic heterocycles. The van der Waals surface area contributed by atoms with Crippen LogP contribution in [0.5, 0.6) is 0 Å². The lowest BCUT2D eigenvalue weighted by Gasteiger charge is -2.51. The largest absolute Gasteiger partial charge is 0.388 e. The Kier molecular flexibility index (Phi) is 4.89. The molecule has 0 saturated carbocycles. The van der Waals surface area contributed by atoms with Gasteiger partial charge >= 0.3 is 0 Å². The first-order valence-electron chi connectivity index (χ1n) is 9.54. The summed E-state index contributed by atoms with van der Waals surface area (Å²) in [7, 11) is 0. The zero-order valence-electron chi connectivity index (χ0n) is 16.1. The van der Waals surface area contributed by atoms with E-state index in [0.717, 1.165) is 10.2 Å². The van der Waals surface area contributed by atoms with Crippen molar-refractivity contribution in [1.82, 2.24) is 15.2 Å². The van der Waals surface area contributed by atoms with E-state index in [2.05, 4.69) is 10.3 Å². The van der Waals surface area contributed by atoms with Gasteiger partial charge in [-0.15, -0.1) is 11.3 Å². The first-order chi connectivity index (χ1) is 13.3. The molecule has 1 aromatic carbocycles. The number of likely N-dealkylation sites (tertiary alicyclic amines) is 1. The van der Waals surface area contributed by atoms with Crippen LogP contribution in [0, 0.1) is 0 Å². The fourth-order valence-electron chi connectivity index (χ4n) is 4.32. The van der Waals surface area contributed by atoms with Gasteiger partial charge in [0.2, 0.25) is 5.91 Å². The van der Waals surface area contributed by atoms with Crippen LogP contribution in [-0.2, 0) is 9.53 Å². The molecule has 2 aliphatic rings. The first-order valence-corrected chi connectivity index (χ1v) is 10.4. The molecule has 1 spiro atoms. The number of hydrogen-bond acceptors (Lipinski definition) is 6. The molecule has 1 aromatic heterocycles. The van der Waals surface area contributed by atoms with Gasteiger partial charge in [0.1, 0.15) is 0 Å². The summed E-state index contributed by atoms with van der Waals surface area (Å²) in [5.74, 6) is -0.160. The fourth-order valence-corrected chi connectivity index (χ4v) is 5.03. The van der Waals surface area contributed by atoms with Gasteiger partial charge < -0.3 is 20.1 Å². The van der Waals surface area contributed by atoms with Crippen LogP contribution in [-0.4, -0.2) is 63.7 Å². The highest BCUT2D eigenvalue weighted by atomic mass is 32.1. The lowest BCUT2D eigenvalue weighted by atomic mass is 9.75. The predicted molar refractivity (Wildman–Crippen MR) is 106 cm³/mol. The number of rotatable bonds is 2. The van der Waals surface area contributed by atoms with Gasteiger partial charge in [-0.3, -0.25) is 9.59 Å². The SMILES string of the molecule is CC(=O)N[C@H]1COC2(CCN(C(=O)c3ccc4ncsc4c3)CC2)C[C@]1(C)O. The maximum Gasteiger partial charge on any atom is 0.253 e. The molecule has 2 saturated heterocycles. The number of carbonyl (C=O) groups excluding carboxylic acids is 2. The van der Waals surface area contributed by atoms with E-state index in [1.165, 1.54) is 18.3 Å². The van der Waals surface area contributed by atoms with Crippen molar-refractivity contribution in [1.29, 1.82) is 0 Å². The summed E-state index contributed by atoms with van der Waals surface area (Å²) in [6.45, 7) is 4.64. The number of aliphatic hydroxyl groups is 1. The van der Waals surface area contributed by atoms with Crippen LogP contribution in [0.25, 0.3) is 10.2 Å². The Labute approximate surface area is 167 Å². The molecule has 2 aromatic rings. The molecule has 0 radical (unpaired) electrons. The molecule has 3 heterocycles. The smallest absolute Gasteiger partial charge is 0.253 e. The number of aromatic nitrogens is 1. The van der Waals surface area contributed by atoms with E-state index < -0.39 is 17.2 Å². The molecule has 8 heteroatoms. The second kappa shape index (κ2) is 7.09. The van der Waals surface area contributed by atoms with Gasteiger partial charge in [-0.1, -0.05) is 0 Å². The highest BCUT2D eigenvalue weighted by Gasteiger charge is 2.49. The second-order valence-electron chi connectivity index (χ2n) is 8.11. The molecule has 0 bridgehead atoms. The van der Waals surface area contributed by atoms with Crippen LogP contribution >= 0.6 is 11.3 Å². The van der Waals surface area contributed by atoms with E-state index in [4.69, 9.17) is 4.74 Å². The highest BCUT2D eigenvalue weighted by Crippen LogP contribution is 2.40. The lowest BCUT2D eigenvalue weighted by molar-refractivity contribution is -0.187. The zero-order chi connectivity index (χ0) is 19.9. The quantitative estimate of drug-likeness (QED) is 0.800. The van der Waals surface area contributed by atoms with Crippen molar-refractivity contribution in [3.63, 3.8) is 0 Å². The van der Waals surface area contributed by atoms with E-state index in [1.807, 2.05) is 23.1 Å². The number of benzene rings is 1. The topological polar surface area (TPSA) is 91.8 Å². The third-order valence-corrected chi connectivity index (χ3v) is 6.70. The maximum absolute atomic E-state index is 12.9. The number of ether oxygens (including phenoxy) is 1. The van der Waals surface area contributed by atoms with Gasteiger partial charge in [-0.05, 0) is 38.0 Å². The molecule has 150 valence electrons. The van der Waals surface area contributed by atoms with E-state index in [-0.39, 0.29) is 18.4 Å². The number of amides is 2. The van der Waals surface area contributed by atoms with Crippen molar-refractivity contribution in [2.45, 2.75) is 50.4 Å². The van der Waals surface area contributed by atoms with Crippen LogP contribution in [0.15, 0.2) is 23.7 Å². The van der Waals surface area contributed by atoms with E-state index >= 15 is 0 Å². The zero-order valence-corrected chi connectivity index (χ0v) is 16.9. The van der Waals surface area contributed by atoms with E-state index in [0.29, 0.717) is 37.9 Å². The maximum atomic E-state index is 12.9. The van der Waals surface area contributed by atoms with Gasteiger partial charge in [0.05, 0.1) is 39.6 Å². The van der Waals surface area contributed by atoms with Crippen LogP contribution in [0.4, 0.5) is 0 Å². The lowest BCUT2D eigenvalue weighted by Crippen LogP contribution is -2.64. The van der Waals surface area contributed by atoms with Crippen LogP contribution < -0.4 is 5.32 Å². The Bertz CT molecular complexity index is 902. The molecule has 2 atom stereocenters. The predicted octanol–water partition coefficient (Wildman–Crippen LogP) is 1.95. The van der Waals surface area contributed by atoms with Gasteiger partial charge in [-0.25, -0.2) is 4.98 Å². The number of nitrogens with zero attached hydrogens (tertiary/aromatic N) is 2. The molecule has 2 N–H and O–H groups in total. The highest BCUT2D eigenvalue weighted by molar-refractivity contribution is 7.16. The molecule has 2 amide bonds. The Morgan fingerprint density at radius 1 is 1.36 bits per heavy atom. The third-order valence-electron chi connectivity index (χ3n) is 5.90. The number of piperidine rings is 1. The number of fused-ring (bicyclic) bond motifs is 1. The summed E-state index contributed by atoms with van der Waals surface area (Å²) in [6.07, 6.45) is 1.79. The number of carbonyl (C=O) groups is 2. The van der Waals surface area contributed by atoms with Gasteiger partial charge in [0, 0.05) is 32.0 Å². The van der Waals surface area contributed by atoms with Crippen molar-refractivity contribution >= 4 is 33.4 Å². The summed E-state index contributed by atoms with van der Waals surface area (Å²) >= 11 is 1.53. The van der Waals surface area contributed by atoms with Gasteiger partial charge in [0.25, 0.3) is 5.91 Å². The number of nitrogens with one attached hydrogen (secondary N) is 1. The number of hydrogen-bond donors (Lipinski definition) is 2. The van der Waals surface area contributed by atoms with Crippen molar-refractivity contribution in [2.75, 3.05) is 19.7 Å². The third kappa shape index (κ3) is 3.64. The Morgan fingerprint density at radius 3 is 2.79 bits per heavy atom. The normalized spacial score (nSPS) is 27.1. The summed E-state index contributed by atoms with van der Waals surface area (Å²) in [6, 6.07) is 5.20. The standard InChI is InChI=1S/C20H25N3O4S/c1-13(24)22-17-10-27-20(11-19(17,2)26)5-7-23(8-6-20)18(25)14-3-4-15-16(9-14)28-12-21-15/h3-4,9,12,17,26H,5-8,10-11H2,1-2H3,(H,22,24)/t17-,19-/m0/s1. The molecule has 0 aliphatic carbocycles. The Morgan fingerprint density at radius 2 is 2.11 bits per heavy atom. The van der Waals surface area contributed by atoms with Crippen LogP contribution in [0.1, 0.15) is 43.5 Å². The summed E-state index contributed by atoms with van der Waals surface area (Å²) in [4.78, 5) is 30.4. The van der Waals surface area contributed by atoms with Crippen molar-refractivity contribution in [2.24, 2.45) is 0 Å². The summed E-state index contributed by atoms with van der Waals surface area (Å²) in [5, 5.41) is 13.6. The summed E-state index contributed by atoms with van der Waals surface area (Å²) < 4.78 is 7.13. The van der Waals surface area contributed by atoms with E-state index in [9.17, 15) is 14.7 Å². The molecule has 2 fully saturated rings. The molecule has 7 nitrogen and oxygen atoms in total. The Hall–Kier alpha value is -2.03.